The van der Waals surface area contributed by atoms with Crippen LogP contribution in [0.4, 0.5) is 0 Å². The molecule has 24 heavy (non-hydrogen) atoms. The molecule has 0 radical (unpaired) electrons. The molecule has 0 aromatic heterocycles. The lowest BCUT2D eigenvalue weighted by Gasteiger charge is -2.33. The number of carbonyl (C=O) groups excluding carboxylic acids is 2. The molecule has 1 aromatic rings. The van der Waals surface area contributed by atoms with E-state index in [0.29, 0.717) is 39.1 Å². The minimum atomic E-state index is -0.962. The summed E-state index contributed by atoms with van der Waals surface area (Å²) in [4.78, 5) is 35.8. The Bertz CT molecular complexity index is 600. The first-order valence-electron chi connectivity index (χ1n) is 7.91. The van der Waals surface area contributed by atoms with Crippen molar-refractivity contribution in [2.75, 3.05) is 26.2 Å². The Morgan fingerprint density at radius 3 is 2.62 bits per heavy atom. The van der Waals surface area contributed by atoms with Gasteiger partial charge in [0.05, 0.1) is 18.3 Å². The second kappa shape index (κ2) is 8.44. The summed E-state index contributed by atoms with van der Waals surface area (Å²) in [6.45, 7) is 3.32. The van der Waals surface area contributed by atoms with Crippen LogP contribution in [0.1, 0.15) is 29.3 Å². The quantitative estimate of drug-likeness (QED) is 0.797. The highest BCUT2D eigenvalue weighted by Gasteiger charge is 2.24. The maximum absolute atomic E-state index is 12.3. The number of carbonyl (C=O) groups is 3. The lowest BCUT2D eigenvalue weighted by atomic mass is 10.1. The van der Waals surface area contributed by atoms with Crippen LogP contribution in [0.3, 0.4) is 0 Å². The number of carboxylic acids is 1. The third kappa shape index (κ3) is 5.34. The second-order valence-corrected chi connectivity index (χ2v) is 5.77. The fraction of sp³-hybridized carbons (Fsp3) is 0.471. The molecule has 1 aliphatic rings. The van der Waals surface area contributed by atoms with Crippen molar-refractivity contribution in [1.29, 1.82) is 0 Å². The fourth-order valence-corrected chi connectivity index (χ4v) is 2.55. The van der Waals surface area contributed by atoms with E-state index in [0.717, 1.165) is 5.56 Å². The SMILES string of the molecule is CC(=O)NCC1CN(C(=O)CCc2ccc(C(=O)O)cc2)CCO1. The molecule has 7 nitrogen and oxygen atoms in total. The summed E-state index contributed by atoms with van der Waals surface area (Å²) in [5.41, 5.74) is 1.16. The van der Waals surface area contributed by atoms with Gasteiger partial charge in [-0.25, -0.2) is 4.79 Å². The monoisotopic (exact) mass is 334 g/mol. The molecular formula is C17H22N2O5. The highest BCUT2D eigenvalue weighted by Crippen LogP contribution is 2.11. The maximum atomic E-state index is 12.3. The fourth-order valence-electron chi connectivity index (χ4n) is 2.55. The lowest BCUT2D eigenvalue weighted by molar-refractivity contribution is -0.138. The van der Waals surface area contributed by atoms with Crippen molar-refractivity contribution < 1.29 is 24.2 Å². The number of nitrogens with one attached hydrogen (secondary N) is 1. The maximum Gasteiger partial charge on any atom is 0.335 e. The van der Waals surface area contributed by atoms with Crippen LogP contribution in [0.15, 0.2) is 24.3 Å². The lowest BCUT2D eigenvalue weighted by Crippen LogP contribution is -2.49. The normalized spacial score (nSPS) is 17.4. The molecule has 1 aromatic carbocycles. The van der Waals surface area contributed by atoms with Gasteiger partial charge < -0.3 is 20.1 Å². The van der Waals surface area contributed by atoms with Gasteiger partial charge in [0.2, 0.25) is 11.8 Å². The van der Waals surface area contributed by atoms with E-state index in [4.69, 9.17) is 9.84 Å². The van der Waals surface area contributed by atoms with Crippen LogP contribution in [-0.2, 0) is 20.7 Å². The number of amides is 2. The Hall–Kier alpha value is -2.41. The van der Waals surface area contributed by atoms with E-state index in [2.05, 4.69) is 5.32 Å². The standard InChI is InChI=1S/C17H22N2O5/c1-12(20)18-10-15-11-19(8-9-24-15)16(21)7-4-13-2-5-14(6-3-13)17(22)23/h2-3,5-6,15H,4,7-11H2,1H3,(H,18,20)(H,22,23). The van der Waals surface area contributed by atoms with E-state index in [1.54, 1.807) is 29.2 Å². The number of rotatable bonds is 6. The topological polar surface area (TPSA) is 95.9 Å². The summed E-state index contributed by atoms with van der Waals surface area (Å²) < 4.78 is 5.54. The van der Waals surface area contributed by atoms with Crippen molar-refractivity contribution in [3.8, 4) is 0 Å². The zero-order chi connectivity index (χ0) is 17.5. The number of nitrogens with zero attached hydrogens (tertiary/aromatic N) is 1. The van der Waals surface area contributed by atoms with E-state index in [9.17, 15) is 14.4 Å². The minimum absolute atomic E-state index is 0.0356. The summed E-state index contributed by atoms with van der Waals surface area (Å²) in [6.07, 6.45) is 0.743. The highest BCUT2D eigenvalue weighted by atomic mass is 16.5. The van der Waals surface area contributed by atoms with Crippen molar-refractivity contribution in [2.24, 2.45) is 0 Å². The Balaban J connectivity index is 1.81. The Kier molecular flexibility index (Phi) is 6.31. The summed E-state index contributed by atoms with van der Waals surface area (Å²) in [5.74, 6) is -1.04. The van der Waals surface area contributed by atoms with Crippen LogP contribution < -0.4 is 5.32 Å². The van der Waals surface area contributed by atoms with E-state index in [-0.39, 0.29) is 23.5 Å². The first-order chi connectivity index (χ1) is 11.5. The predicted molar refractivity (Wildman–Crippen MR) is 86.7 cm³/mol. The number of hydrogen-bond acceptors (Lipinski definition) is 4. The zero-order valence-electron chi connectivity index (χ0n) is 13.7. The van der Waals surface area contributed by atoms with Gasteiger partial charge in [0, 0.05) is 33.0 Å². The molecular weight excluding hydrogens is 312 g/mol. The van der Waals surface area contributed by atoms with Crippen LogP contribution >= 0.6 is 0 Å². The minimum Gasteiger partial charge on any atom is -0.478 e. The number of aryl methyl sites for hydroxylation is 1. The van der Waals surface area contributed by atoms with Crippen LogP contribution in [0.2, 0.25) is 0 Å². The van der Waals surface area contributed by atoms with E-state index < -0.39 is 5.97 Å². The summed E-state index contributed by atoms with van der Waals surface area (Å²) in [5, 5.41) is 11.6. The van der Waals surface area contributed by atoms with Crippen LogP contribution in [-0.4, -0.2) is 60.1 Å². The summed E-state index contributed by atoms with van der Waals surface area (Å²) in [7, 11) is 0. The number of ether oxygens (including phenoxy) is 1. The molecule has 1 fully saturated rings. The van der Waals surface area contributed by atoms with Crippen molar-refractivity contribution in [1.82, 2.24) is 10.2 Å². The van der Waals surface area contributed by atoms with Gasteiger partial charge in [0.25, 0.3) is 0 Å². The van der Waals surface area contributed by atoms with E-state index >= 15 is 0 Å². The molecule has 1 heterocycles. The second-order valence-electron chi connectivity index (χ2n) is 5.77. The molecule has 2 amide bonds. The van der Waals surface area contributed by atoms with Gasteiger partial charge >= 0.3 is 5.97 Å². The van der Waals surface area contributed by atoms with Gasteiger partial charge in [-0.1, -0.05) is 12.1 Å². The third-order valence-electron chi connectivity index (χ3n) is 3.90. The van der Waals surface area contributed by atoms with Gasteiger partial charge in [-0.15, -0.1) is 0 Å². The van der Waals surface area contributed by atoms with Crippen molar-refractivity contribution >= 4 is 17.8 Å². The number of hydrogen-bond donors (Lipinski definition) is 2. The number of aromatic carboxylic acids is 1. The van der Waals surface area contributed by atoms with Gasteiger partial charge in [-0.05, 0) is 24.1 Å². The van der Waals surface area contributed by atoms with Gasteiger partial charge in [0.1, 0.15) is 0 Å². The molecule has 2 N–H and O–H groups in total. The Morgan fingerprint density at radius 2 is 2.00 bits per heavy atom. The van der Waals surface area contributed by atoms with Gasteiger partial charge in [-0.3, -0.25) is 9.59 Å². The third-order valence-corrected chi connectivity index (χ3v) is 3.90. The van der Waals surface area contributed by atoms with Gasteiger partial charge in [0.15, 0.2) is 0 Å². The van der Waals surface area contributed by atoms with Crippen molar-refractivity contribution in [2.45, 2.75) is 25.9 Å². The molecule has 1 unspecified atom stereocenters. The molecule has 7 heteroatoms. The molecule has 2 rings (SSSR count). The number of benzene rings is 1. The summed E-state index contributed by atoms with van der Waals surface area (Å²) >= 11 is 0. The number of carboxylic acid groups (broad SMARTS) is 1. The first kappa shape index (κ1) is 17.9. The number of morpholine rings is 1. The average Bonchev–Trinajstić information content (AvgIpc) is 2.58. The van der Waals surface area contributed by atoms with Gasteiger partial charge in [-0.2, -0.15) is 0 Å². The van der Waals surface area contributed by atoms with Crippen LogP contribution in [0, 0.1) is 0 Å². The van der Waals surface area contributed by atoms with Crippen molar-refractivity contribution in [3.63, 3.8) is 0 Å². The van der Waals surface area contributed by atoms with E-state index in [1.165, 1.54) is 6.92 Å². The molecule has 0 saturated carbocycles. The molecule has 0 spiro atoms. The molecule has 130 valence electrons. The molecule has 0 aliphatic carbocycles. The van der Waals surface area contributed by atoms with Crippen LogP contribution in [0.5, 0.6) is 0 Å². The molecule has 1 saturated heterocycles. The zero-order valence-corrected chi connectivity index (χ0v) is 13.7. The predicted octanol–water partition coefficient (Wildman–Crippen LogP) is 0.681. The molecule has 1 aliphatic heterocycles. The smallest absolute Gasteiger partial charge is 0.335 e. The highest BCUT2D eigenvalue weighted by molar-refractivity contribution is 5.87. The summed E-state index contributed by atoms with van der Waals surface area (Å²) in [6, 6.07) is 6.55. The Morgan fingerprint density at radius 1 is 1.29 bits per heavy atom. The first-order valence-corrected chi connectivity index (χ1v) is 7.91. The molecule has 1 atom stereocenters. The average molecular weight is 334 g/mol. The van der Waals surface area contributed by atoms with E-state index in [1.807, 2.05) is 0 Å². The molecule has 0 bridgehead atoms. The largest absolute Gasteiger partial charge is 0.478 e. The van der Waals surface area contributed by atoms with Crippen molar-refractivity contribution in [3.05, 3.63) is 35.4 Å². The van der Waals surface area contributed by atoms with Crippen LogP contribution in [0.25, 0.3) is 0 Å². The Labute approximate surface area is 140 Å².